The SMILES string of the molecule is O=C(O)CCC(CP(O)CCCc1ccccc1)C(=O)O. The molecule has 21 heavy (non-hydrogen) atoms. The zero-order valence-electron chi connectivity index (χ0n) is 11.8. The van der Waals surface area contributed by atoms with Gasteiger partial charge >= 0.3 is 11.9 Å². The number of benzene rings is 1. The summed E-state index contributed by atoms with van der Waals surface area (Å²) < 4.78 is 0. The minimum Gasteiger partial charge on any atom is -0.481 e. The van der Waals surface area contributed by atoms with Gasteiger partial charge in [-0.05, 0) is 31.0 Å². The third kappa shape index (κ3) is 7.78. The largest absolute Gasteiger partial charge is 0.481 e. The van der Waals surface area contributed by atoms with E-state index in [1.54, 1.807) is 0 Å². The standard InChI is InChI=1S/C15H21O5P/c16-14(17)9-8-13(15(18)19)11-21(20)10-4-7-12-5-2-1-3-6-12/h1-3,5-6,13,20H,4,7-11H2,(H,16,17)(H,18,19). The van der Waals surface area contributed by atoms with Crippen molar-refractivity contribution in [2.24, 2.45) is 5.92 Å². The second-order valence-corrected chi connectivity index (χ2v) is 6.79. The van der Waals surface area contributed by atoms with Crippen LogP contribution in [-0.4, -0.2) is 39.4 Å². The molecule has 116 valence electrons. The zero-order chi connectivity index (χ0) is 15.7. The molecular weight excluding hydrogens is 291 g/mol. The van der Waals surface area contributed by atoms with E-state index in [4.69, 9.17) is 10.2 Å². The summed E-state index contributed by atoms with van der Waals surface area (Å²) in [5.41, 5.74) is 1.20. The number of rotatable bonds is 10. The molecule has 0 amide bonds. The molecule has 0 fully saturated rings. The summed E-state index contributed by atoms with van der Waals surface area (Å²) in [4.78, 5) is 31.5. The highest BCUT2D eigenvalue weighted by molar-refractivity contribution is 7.51. The van der Waals surface area contributed by atoms with Gasteiger partial charge in [-0.25, -0.2) is 0 Å². The van der Waals surface area contributed by atoms with Gasteiger partial charge in [-0.2, -0.15) is 0 Å². The zero-order valence-corrected chi connectivity index (χ0v) is 12.7. The van der Waals surface area contributed by atoms with Crippen molar-refractivity contribution in [2.45, 2.75) is 25.7 Å². The van der Waals surface area contributed by atoms with Crippen molar-refractivity contribution in [1.82, 2.24) is 0 Å². The lowest BCUT2D eigenvalue weighted by atomic mass is 10.1. The average molecular weight is 312 g/mol. The van der Waals surface area contributed by atoms with E-state index in [1.807, 2.05) is 30.3 Å². The highest BCUT2D eigenvalue weighted by Crippen LogP contribution is 2.35. The monoisotopic (exact) mass is 312 g/mol. The van der Waals surface area contributed by atoms with Crippen LogP contribution in [-0.2, 0) is 16.0 Å². The number of hydrogen-bond acceptors (Lipinski definition) is 3. The maximum atomic E-state index is 11.0. The van der Waals surface area contributed by atoms with Crippen LogP contribution in [0.1, 0.15) is 24.8 Å². The van der Waals surface area contributed by atoms with E-state index in [9.17, 15) is 14.5 Å². The molecule has 0 saturated heterocycles. The highest BCUT2D eigenvalue weighted by atomic mass is 31.1. The summed E-state index contributed by atoms with van der Waals surface area (Å²) in [6, 6.07) is 9.91. The Balaban J connectivity index is 2.31. The lowest BCUT2D eigenvalue weighted by Gasteiger charge is -2.16. The minimum atomic E-state index is -1.35. The van der Waals surface area contributed by atoms with Crippen LogP contribution in [0.15, 0.2) is 30.3 Å². The fourth-order valence-electron chi connectivity index (χ4n) is 2.05. The molecule has 2 unspecified atom stereocenters. The first-order chi connectivity index (χ1) is 9.99. The van der Waals surface area contributed by atoms with Crippen LogP contribution in [0, 0.1) is 5.92 Å². The third-order valence-corrected chi connectivity index (χ3v) is 4.91. The van der Waals surface area contributed by atoms with Crippen LogP contribution in [0.4, 0.5) is 0 Å². The quantitative estimate of drug-likeness (QED) is 0.577. The van der Waals surface area contributed by atoms with Crippen molar-refractivity contribution in [1.29, 1.82) is 0 Å². The van der Waals surface area contributed by atoms with Crippen LogP contribution in [0.25, 0.3) is 0 Å². The van der Waals surface area contributed by atoms with Crippen LogP contribution < -0.4 is 0 Å². The molecule has 2 atom stereocenters. The molecule has 0 aromatic heterocycles. The van der Waals surface area contributed by atoms with Gasteiger partial charge < -0.3 is 15.1 Å². The predicted molar refractivity (Wildman–Crippen MR) is 81.6 cm³/mol. The Labute approximate surface area is 125 Å². The summed E-state index contributed by atoms with van der Waals surface area (Å²) in [6.07, 6.45) is 2.31. The summed E-state index contributed by atoms with van der Waals surface area (Å²) >= 11 is 0. The molecule has 1 rings (SSSR count). The summed E-state index contributed by atoms with van der Waals surface area (Å²) in [6.45, 7) is 0. The van der Waals surface area contributed by atoms with E-state index in [0.29, 0.717) is 6.16 Å². The smallest absolute Gasteiger partial charge is 0.306 e. The highest BCUT2D eigenvalue weighted by Gasteiger charge is 2.22. The van der Waals surface area contributed by atoms with Crippen molar-refractivity contribution in [3.63, 3.8) is 0 Å². The first-order valence-electron chi connectivity index (χ1n) is 6.91. The molecular formula is C15H21O5P. The molecule has 0 aliphatic heterocycles. The summed E-state index contributed by atoms with van der Waals surface area (Å²) in [7, 11) is -1.35. The molecule has 0 radical (unpaired) electrons. The fourth-order valence-corrected chi connectivity index (χ4v) is 3.60. The van der Waals surface area contributed by atoms with Crippen molar-refractivity contribution in [2.75, 3.05) is 12.3 Å². The van der Waals surface area contributed by atoms with E-state index >= 15 is 0 Å². The molecule has 0 aliphatic carbocycles. The number of aryl methyl sites for hydroxylation is 1. The first-order valence-corrected chi connectivity index (χ1v) is 8.58. The minimum absolute atomic E-state index is 0.0722. The molecule has 1 aromatic rings. The second kappa shape index (κ2) is 9.48. The van der Waals surface area contributed by atoms with Gasteiger partial charge in [-0.15, -0.1) is 0 Å². The van der Waals surface area contributed by atoms with Gasteiger partial charge in [0.2, 0.25) is 0 Å². The van der Waals surface area contributed by atoms with E-state index in [1.165, 1.54) is 5.56 Å². The van der Waals surface area contributed by atoms with Gasteiger partial charge in [-0.3, -0.25) is 9.59 Å². The average Bonchev–Trinajstić information content (AvgIpc) is 2.44. The Bertz CT molecular complexity index is 449. The Hall–Kier alpha value is -1.45. The van der Waals surface area contributed by atoms with Gasteiger partial charge in [0.1, 0.15) is 0 Å². The Morgan fingerprint density at radius 1 is 1.14 bits per heavy atom. The number of carboxylic acids is 2. The Kier molecular flexibility index (Phi) is 7.95. The van der Waals surface area contributed by atoms with Crippen molar-refractivity contribution < 1.29 is 24.7 Å². The van der Waals surface area contributed by atoms with Crippen LogP contribution in [0.5, 0.6) is 0 Å². The lowest BCUT2D eigenvalue weighted by molar-refractivity contribution is -0.142. The van der Waals surface area contributed by atoms with Gasteiger partial charge in [-0.1, -0.05) is 30.3 Å². The van der Waals surface area contributed by atoms with E-state index in [-0.39, 0.29) is 19.0 Å². The molecule has 0 saturated carbocycles. The van der Waals surface area contributed by atoms with Gasteiger partial charge in [0.25, 0.3) is 0 Å². The molecule has 0 bridgehead atoms. The van der Waals surface area contributed by atoms with Crippen molar-refractivity contribution >= 4 is 20.1 Å². The van der Waals surface area contributed by atoms with Crippen molar-refractivity contribution in [3.05, 3.63) is 35.9 Å². The molecule has 0 heterocycles. The normalized spacial score (nSPS) is 13.6. The van der Waals surface area contributed by atoms with Gasteiger partial charge in [0.05, 0.1) is 5.92 Å². The molecule has 3 N–H and O–H groups in total. The van der Waals surface area contributed by atoms with E-state index < -0.39 is 26.0 Å². The van der Waals surface area contributed by atoms with Crippen LogP contribution in [0.3, 0.4) is 0 Å². The number of carbonyl (C=O) groups is 2. The van der Waals surface area contributed by atoms with E-state index in [2.05, 4.69) is 0 Å². The van der Waals surface area contributed by atoms with E-state index in [0.717, 1.165) is 12.8 Å². The third-order valence-electron chi connectivity index (χ3n) is 3.21. The number of carboxylic acid groups (broad SMARTS) is 2. The number of hydrogen-bond donors (Lipinski definition) is 3. The van der Waals surface area contributed by atoms with Crippen molar-refractivity contribution in [3.8, 4) is 0 Å². The molecule has 6 heteroatoms. The first kappa shape index (κ1) is 17.6. The van der Waals surface area contributed by atoms with Gasteiger partial charge in [0, 0.05) is 20.7 Å². The maximum absolute atomic E-state index is 11.0. The van der Waals surface area contributed by atoms with Crippen LogP contribution >= 0.6 is 8.15 Å². The fraction of sp³-hybridized carbons (Fsp3) is 0.467. The van der Waals surface area contributed by atoms with Gasteiger partial charge in [0.15, 0.2) is 0 Å². The van der Waals surface area contributed by atoms with Crippen LogP contribution in [0.2, 0.25) is 0 Å². The number of aliphatic carboxylic acids is 2. The summed E-state index contributed by atoms with van der Waals surface area (Å²) in [5, 5.41) is 17.6. The Morgan fingerprint density at radius 2 is 1.81 bits per heavy atom. The maximum Gasteiger partial charge on any atom is 0.306 e. The molecule has 0 spiro atoms. The lowest BCUT2D eigenvalue weighted by Crippen LogP contribution is -2.19. The molecule has 5 nitrogen and oxygen atoms in total. The topological polar surface area (TPSA) is 94.8 Å². The predicted octanol–water partition coefficient (Wildman–Crippen LogP) is 2.57. The second-order valence-electron chi connectivity index (χ2n) is 4.97. The molecule has 1 aromatic carbocycles. The Morgan fingerprint density at radius 3 is 2.38 bits per heavy atom. The molecule has 0 aliphatic rings. The summed E-state index contributed by atoms with van der Waals surface area (Å²) in [5.74, 6) is -2.80.